The van der Waals surface area contributed by atoms with Gasteiger partial charge in [0.1, 0.15) is 5.75 Å². The van der Waals surface area contributed by atoms with Crippen LogP contribution in [0.1, 0.15) is 12.0 Å². The summed E-state index contributed by atoms with van der Waals surface area (Å²) in [7, 11) is -4.67. The number of rotatable bonds is 0. The minimum Gasteiger partial charge on any atom is -0.493 e. The molecule has 0 bridgehead atoms. The van der Waals surface area contributed by atoms with Gasteiger partial charge in [-0.1, -0.05) is 18.2 Å². The molecule has 2 N–H and O–H groups in total. The fraction of sp³-hybridized carbons (Fsp3) is 0.333. The monoisotopic (exact) mass is 422 g/mol. The Labute approximate surface area is 140 Å². The predicted molar refractivity (Wildman–Crippen MR) is 54.4 cm³/mol. The number of ether oxygens (including phenoxy) is 1. The average Bonchev–Trinajstić information content (AvgIpc) is 2.16. The third-order valence-corrected chi connectivity index (χ3v) is 1.82. The molecule has 1 aromatic carbocycles. The molecular weight excluding hydrogens is 413 g/mol. The maximum Gasteiger partial charge on any atom is 0.394 e. The molecule has 0 atom stereocenters. The Balaban J connectivity index is -0.000000252. The number of aryl methyl sites for hydroxylation is 1. The molecule has 108 valence electrons. The van der Waals surface area contributed by atoms with Crippen LogP contribution in [0, 0.1) is 0 Å². The van der Waals surface area contributed by atoms with Crippen LogP contribution in [-0.2, 0) is 70.4 Å². The summed E-state index contributed by atoms with van der Waals surface area (Å²) in [5.74, 6) is 1.08. The zero-order valence-electron chi connectivity index (χ0n) is 9.27. The van der Waals surface area contributed by atoms with Crippen molar-refractivity contribution in [1.82, 2.24) is 0 Å². The van der Waals surface area contributed by atoms with Gasteiger partial charge in [0.25, 0.3) is 0 Å². The van der Waals surface area contributed by atoms with Gasteiger partial charge >= 0.3 is 10.4 Å². The van der Waals surface area contributed by atoms with Crippen LogP contribution in [0.3, 0.4) is 0 Å². The molecule has 2 rings (SSSR count). The van der Waals surface area contributed by atoms with E-state index in [1.807, 2.05) is 12.1 Å². The summed E-state index contributed by atoms with van der Waals surface area (Å²) in [6.07, 6.45) is 2.34. The van der Waals surface area contributed by atoms with Crippen molar-refractivity contribution >= 4 is 10.4 Å². The van der Waals surface area contributed by atoms with Gasteiger partial charge in [-0.05, 0) is 24.5 Å². The minimum atomic E-state index is -4.67. The molecule has 1 aliphatic rings. The minimum absolute atomic E-state index is 0. The largest absolute Gasteiger partial charge is 0.493 e. The third-order valence-electron chi connectivity index (χ3n) is 1.82. The Hall–Kier alpha value is 0.552. The molecule has 0 aromatic heterocycles. The topological polar surface area (TPSA) is 83.8 Å². The van der Waals surface area contributed by atoms with Crippen molar-refractivity contribution in [3.8, 4) is 5.75 Å². The van der Waals surface area contributed by atoms with Gasteiger partial charge in [0.15, 0.2) is 0 Å². The van der Waals surface area contributed by atoms with E-state index in [9.17, 15) is 0 Å². The summed E-state index contributed by atoms with van der Waals surface area (Å²) >= 11 is 0. The smallest absolute Gasteiger partial charge is 0.394 e. The Bertz CT molecular complexity index is 394. The van der Waals surface area contributed by atoms with Crippen molar-refractivity contribution < 1.29 is 75.9 Å². The van der Waals surface area contributed by atoms with E-state index in [0.717, 1.165) is 18.8 Å². The van der Waals surface area contributed by atoms with Crippen molar-refractivity contribution in [2.45, 2.75) is 12.8 Å². The molecule has 0 saturated carbocycles. The molecule has 9 heteroatoms. The Morgan fingerprint density at radius 2 is 1.61 bits per heavy atom. The van der Waals surface area contributed by atoms with Crippen molar-refractivity contribution in [1.29, 1.82) is 0 Å². The van der Waals surface area contributed by atoms with Crippen LogP contribution in [0.4, 0.5) is 0 Å². The predicted octanol–water partition coefficient (Wildman–Crippen LogP) is 1.35. The zero-order chi connectivity index (χ0) is 11.3. The molecular formula is C9H12Cu2O5SZn. The number of hydrogen-bond donors (Lipinski definition) is 2. The second kappa shape index (κ2) is 11.4. The van der Waals surface area contributed by atoms with Gasteiger partial charge in [-0.3, -0.25) is 9.11 Å². The SMILES string of the molecule is O=S(=O)(O)O.[Cu].[Cu].[Zn].c1ccc2c(c1)CCCO2. The van der Waals surface area contributed by atoms with E-state index in [4.69, 9.17) is 22.3 Å². The molecule has 1 aliphatic heterocycles. The number of para-hydroxylation sites is 1. The van der Waals surface area contributed by atoms with Gasteiger partial charge in [0.05, 0.1) is 6.61 Å². The second-order valence-electron chi connectivity index (χ2n) is 3.01. The van der Waals surface area contributed by atoms with Crippen LogP contribution in [0.2, 0.25) is 0 Å². The van der Waals surface area contributed by atoms with Gasteiger partial charge < -0.3 is 4.74 Å². The molecule has 5 nitrogen and oxygen atoms in total. The first kappa shape index (κ1) is 23.6. The van der Waals surface area contributed by atoms with E-state index in [0.29, 0.717) is 0 Å². The molecule has 0 fully saturated rings. The summed E-state index contributed by atoms with van der Waals surface area (Å²) in [6, 6.07) is 8.25. The van der Waals surface area contributed by atoms with E-state index in [2.05, 4.69) is 12.1 Å². The summed E-state index contributed by atoms with van der Waals surface area (Å²) in [5.41, 5.74) is 1.36. The van der Waals surface area contributed by atoms with Crippen LogP contribution in [0.25, 0.3) is 0 Å². The van der Waals surface area contributed by atoms with E-state index < -0.39 is 10.4 Å². The first-order valence-corrected chi connectivity index (χ1v) is 5.77. The first-order chi connectivity index (χ1) is 6.97. The third kappa shape index (κ3) is 11.6. The zero-order valence-corrected chi connectivity index (χ0v) is 14.9. The average molecular weight is 425 g/mol. The standard InChI is InChI=1S/C9H10O.2Cu.H2O4S.Zn/c1-2-6-9-8(4-1)5-3-7-10-9;;;1-5(2,3)4;/h1-2,4,6H,3,5,7H2;;;(H2,1,2,3,4);. The van der Waals surface area contributed by atoms with Crippen molar-refractivity contribution in [3.05, 3.63) is 29.8 Å². The van der Waals surface area contributed by atoms with Crippen molar-refractivity contribution in [2.24, 2.45) is 0 Å². The quantitative estimate of drug-likeness (QED) is 0.485. The Kier molecular flexibility index (Phi) is 14.9. The molecule has 0 saturated heterocycles. The van der Waals surface area contributed by atoms with E-state index >= 15 is 0 Å². The van der Waals surface area contributed by atoms with E-state index in [1.165, 1.54) is 12.0 Å². The van der Waals surface area contributed by atoms with Gasteiger partial charge in [-0.2, -0.15) is 8.42 Å². The van der Waals surface area contributed by atoms with Crippen molar-refractivity contribution in [3.63, 3.8) is 0 Å². The molecule has 0 spiro atoms. The summed E-state index contributed by atoms with van der Waals surface area (Å²) in [4.78, 5) is 0. The maximum atomic E-state index is 8.74. The van der Waals surface area contributed by atoms with Gasteiger partial charge in [0, 0.05) is 53.6 Å². The molecule has 2 radical (unpaired) electrons. The van der Waals surface area contributed by atoms with Crippen LogP contribution >= 0.6 is 0 Å². The van der Waals surface area contributed by atoms with Gasteiger partial charge in [0.2, 0.25) is 0 Å². The van der Waals surface area contributed by atoms with E-state index in [1.54, 1.807) is 0 Å². The number of hydrogen-bond acceptors (Lipinski definition) is 3. The van der Waals surface area contributed by atoms with Crippen molar-refractivity contribution in [2.75, 3.05) is 6.61 Å². The fourth-order valence-electron chi connectivity index (χ4n) is 1.30. The molecule has 0 aliphatic carbocycles. The number of benzene rings is 1. The summed E-state index contributed by atoms with van der Waals surface area (Å²) in [5, 5.41) is 0. The van der Waals surface area contributed by atoms with Crippen LogP contribution < -0.4 is 4.74 Å². The Morgan fingerprint density at radius 1 is 1.11 bits per heavy atom. The normalized spacial score (nSPS) is 11.9. The molecule has 0 amide bonds. The molecule has 1 aromatic rings. The van der Waals surface area contributed by atoms with Crippen LogP contribution in [0.5, 0.6) is 5.75 Å². The summed E-state index contributed by atoms with van der Waals surface area (Å²) in [6.45, 7) is 0.886. The van der Waals surface area contributed by atoms with Crippen LogP contribution in [-0.4, -0.2) is 24.1 Å². The van der Waals surface area contributed by atoms with Crippen LogP contribution in [0.15, 0.2) is 24.3 Å². The molecule has 1 heterocycles. The summed E-state index contributed by atoms with van der Waals surface area (Å²) < 4.78 is 37.0. The maximum absolute atomic E-state index is 8.74. The number of fused-ring (bicyclic) bond motifs is 1. The fourth-order valence-corrected chi connectivity index (χ4v) is 1.30. The van der Waals surface area contributed by atoms with E-state index in [-0.39, 0.29) is 53.6 Å². The Morgan fingerprint density at radius 3 is 2.11 bits per heavy atom. The second-order valence-corrected chi connectivity index (χ2v) is 3.90. The molecule has 0 unspecified atom stereocenters. The van der Waals surface area contributed by atoms with Gasteiger partial charge in [-0.25, -0.2) is 0 Å². The van der Waals surface area contributed by atoms with Gasteiger partial charge in [-0.15, -0.1) is 0 Å². The first-order valence-electron chi connectivity index (χ1n) is 4.37. The molecule has 18 heavy (non-hydrogen) atoms.